The Labute approximate surface area is 167 Å². The highest BCUT2D eigenvalue weighted by Gasteiger charge is 2.15. The third-order valence-corrected chi connectivity index (χ3v) is 6.24. The van der Waals surface area contributed by atoms with Crippen molar-refractivity contribution in [2.45, 2.75) is 19.9 Å². The first-order valence-electron chi connectivity index (χ1n) is 8.45. The number of rotatable bonds is 7. The lowest BCUT2D eigenvalue weighted by Gasteiger charge is -2.16. The highest BCUT2D eigenvalue weighted by Crippen LogP contribution is 2.33. The third kappa shape index (κ3) is 4.48. The number of aryl methyl sites for hydroxylation is 1. The largest absolute Gasteiger partial charge is 0.493 e. The molecule has 3 aromatic rings. The van der Waals surface area contributed by atoms with Gasteiger partial charge in [-0.2, -0.15) is 0 Å². The molecular weight excluding hydrogens is 380 g/mol. The zero-order valence-electron chi connectivity index (χ0n) is 15.8. The number of nitrogens with zero attached hydrogens (tertiary/aromatic N) is 2. The summed E-state index contributed by atoms with van der Waals surface area (Å²) in [6, 6.07) is 7.78. The van der Waals surface area contributed by atoms with E-state index in [-0.39, 0.29) is 5.91 Å². The molecule has 1 amide bonds. The summed E-state index contributed by atoms with van der Waals surface area (Å²) in [7, 11) is 5.06. The molecule has 0 aliphatic heterocycles. The molecule has 0 bridgehead atoms. The van der Waals surface area contributed by atoms with Crippen molar-refractivity contribution in [3.63, 3.8) is 0 Å². The highest BCUT2D eigenvalue weighted by molar-refractivity contribution is 7.13. The molecule has 7 heteroatoms. The van der Waals surface area contributed by atoms with Crippen molar-refractivity contribution in [1.82, 2.24) is 9.88 Å². The van der Waals surface area contributed by atoms with Gasteiger partial charge in [0.2, 0.25) is 5.91 Å². The fraction of sp³-hybridized carbons (Fsp3) is 0.300. The van der Waals surface area contributed by atoms with E-state index in [4.69, 9.17) is 9.47 Å². The second kappa shape index (κ2) is 8.54. The van der Waals surface area contributed by atoms with E-state index in [1.165, 1.54) is 21.8 Å². The van der Waals surface area contributed by atoms with Gasteiger partial charge in [-0.25, -0.2) is 4.98 Å². The van der Waals surface area contributed by atoms with Crippen LogP contribution in [0.1, 0.15) is 16.1 Å². The summed E-state index contributed by atoms with van der Waals surface area (Å²) in [6.07, 6.45) is 0.296. The number of aromatic nitrogens is 1. The van der Waals surface area contributed by atoms with Crippen molar-refractivity contribution in [2.24, 2.45) is 0 Å². The molecule has 0 N–H and O–H groups in total. The first-order valence-corrected chi connectivity index (χ1v) is 10.2. The molecule has 0 aliphatic rings. The lowest BCUT2D eigenvalue weighted by Crippen LogP contribution is -2.27. The van der Waals surface area contributed by atoms with E-state index in [1.54, 1.807) is 30.5 Å². The molecule has 0 spiro atoms. The number of benzene rings is 1. The molecular formula is C20H22N2O3S2. The summed E-state index contributed by atoms with van der Waals surface area (Å²) in [5.74, 6) is 1.40. The predicted molar refractivity (Wildman–Crippen MR) is 110 cm³/mol. The maximum absolute atomic E-state index is 12.5. The summed E-state index contributed by atoms with van der Waals surface area (Å²) in [5, 5.41) is 4.85. The second-order valence-electron chi connectivity index (χ2n) is 6.17. The van der Waals surface area contributed by atoms with E-state index in [1.807, 2.05) is 30.6 Å². The molecule has 27 heavy (non-hydrogen) atoms. The monoisotopic (exact) mass is 402 g/mol. The lowest BCUT2D eigenvalue weighted by molar-refractivity contribution is -0.129. The Bertz CT molecular complexity index is 933. The molecule has 1 aromatic carbocycles. The van der Waals surface area contributed by atoms with Crippen LogP contribution in [0.15, 0.2) is 35.0 Å². The Morgan fingerprint density at radius 1 is 1.15 bits per heavy atom. The lowest BCUT2D eigenvalue weighted by atomic mass is 10.2. The molecule has 0 unspecified atom stereocenters. The number of thiazole rings is 1. The summed E-state index contributed by atoms with van der Waals surface area (Å²) in [5.41, 5.74) is 2.95. The van der Waals surface area contributed by atoms with E-state index in [0.717, 1.165) is 16.3 Å². The maximum Gasteiger partial charge on any atom is 0.228 e. The van der Waals surface area contributed by atoms with Crippen LogP contribution < -0.4 is 9.47 Å². The Morgan fingerprint density at radius 2 is 1.93 bits per heavy atom. The Kier molecular flexibility index (Phi) is 6.13. The van der Waals surface area contributed by atoms with Crippen molar-refractivity contribution in [2.75, 3.05) is 21.3 Å². The van der Waals surface area contributed by atoms with Crippen LogP contribution in [0.25, 0.3) is 10.6 Å². The number of hydrogen-bond donors (Lipinski definition) is 0. The fourth-order valence-corrected chi connectivity index (χ4v) is 4.42. The first kappa shape index (κ1) is 19.4. The van der Waals surface area contributed by atoms with Crippen LogP contribution in [0.2, 0.25) is 0 Å². The minimum absolute atomic E-state index is 0.0620. The Morgan fingerprint density at radius 3 is 2.59 bits per heavy atom. The number of ether oxygens (including phenoxy) is 2. The van der Waals surface area contributed by atoms with E-state index in [0.29, 0.717) is 24.5 Å². The molecule has 142 valence electrons. The van der Waals surface area contributed by atoms with Gasteiger partial charge in [-0.15, -0.1) is 22.7 Å². The minimum Gasteiger partial charge on any atom is -0.493 e. The van der Waals surface area contributed by atoms with Crippen molar-refractivity contribution in [3.8, 4) is 22.1 Å². The van der Waals surface area contributed by atoms with Gasteiger partial charge >= 0.3 is 0 Å². The molecule has 0 saturated heterocycles. The molecule has 0 fully saturated rings. The van der Waals surface area contributed by atoms with Gasteiger partial charge in [-0.1, -0.05) is 0 Å². The molecule has 5 nitrogen and oxygen atoms in total. The first-order chi connectivity index (χ1) is 13.0. The quantitative estimate of drug-likeness (QED) is 0.588. The average Bonchev–Trinajstić information content (AvgIpc) is 3.30. The molecule has 2 heterocycles. The van der Waals surface area contributed by atoms with Gasteiger partial charge in [0, 0.05) is 22.9 Å². The number of likely N-dealkylation sites (N-methyl/N-ethyl adjacent to an activating group) is 1. The van der Waals surface area contributed by atoms with E-state index in [2.05, 4.69) is 23.4 Å². The van der Waals surface area contributed by atoms with Gasteiger partial charge in [0.05, 0.1) is 32.9 Å². The number of thiophene rings is 1. The van der Waals surface area contributed by atoms with Crippen LogP contribution in [-0.2, 0) is 17.8 Å². The fourth-order valence-electron chi connectivity index (χ4n) is 2.65. The van der Waals surface area contributed by atoms with Crippen molar-refractivity contribution in [1.29, 1.82) is 0 Å². The van der Waals surface area contributed by atoms with Crippen LogP contribution in [0.3, 0.4) is 0 Å². The SMILES string of the molecule is COc1ccc(-c2nc(CC(=O)N(C)Cc3sccc3C)cs2)cc1OC. The predicted octanol–water partition coefficient (Wildman–Crippen LogP) is 4.40. The Balaban J connectivity index is 1.68. The van der Waals surface area contributed by atoms with Crippen LogP contribution >= 0.6 is 22.7 Å². The molecule has 3 rings (SSSR count). The zero-order chi connectivity index (χ0) is 19.4. The third-order valence-electron chi connectivity index (χ3n) is 4.29. The number of methoxy groups -OCH3 is 2. The number of amides is 1. The molecule has 0 saturated carbocycles. The molecule has 0 radical (unpaired) electrons. The molecule has 0 atom stereocenters. The highest BCUT2D eigenvalue weighted by atomic mass is 32.1. The summed E-state index contributed by atoms with van der Waals surface area (Å²) in [6.45, 7) is 2.70. The van der Waals surface area contributed by atoms with Gasteiger partial charge in [-0.3, -0.25) is 4.79 Å². The second-order valence-corrected chi connectivity index (χ2v) is 8.03. The van der Waals surface area contributed by atoms with E-state index in [9.17, 15) is 4.79 Å². The van der Waals surface area contributed by atoms with E-state index >= 15 is 0 Å². The van der Waals surface area contributed by atoms with Gasteiger partial charge in [-0.05, 0) is 42.1 Å². The van der Waals surface area contributed by atoms with Gasteiger partial charge in [0.15, 0.2) is 11.5 Å². The van der Waals surface area contributed by atoms with Crippen LogP contribution in [0.4, 0.5) is 0 Å². The summed E-state index contributed by atoms with van der Waals surface area (Å²) in [4.78, 5) is 20.1. The minimum atomic E-state index is 0.0620. The molecule has 0 aliphatic carbocycles. The van der Waals surface area contributed by atoms with Crippen molar-refractivity contribution < 1.29 is 14.3 Å². The van der Waals surface area contributed by atoms with E-state index < -0.39 is 0 Å². The van der Waals surface area contributed by atoms with Crippen LogP contribution in [-0.4, -0.2) is 37.1 Å². The van der Waals surface area contributed by atoms with Crippen molar-refractivity contribution in [3.05, 3.63) is 51.2 Å². The van der Waals surface area contributed by atoms with Crippen LogP contribution in [0, 0.1) is 6.92 Å². The average molecular weight is 403 g/mol. The topological polar surface area (TPSA) is 51.7 Å². The van der Waals surface area contributed by atoms with Gasteiger partial charge in [0.25, 0.3) is 0 Å². The zero-order valence-corrected chi connectivity index (χ0v) is 17.4. The van der Waals surface area contributed by atoms with Gasteiger partial charge < -0.3 is 14.4 Å². The van der Waals surface area contributed by atoms with Crippen LogP contribution in [0.5, 0.6) is 11.5 Å². The normalized spacial score (nSPS) is 10.7. The summed E-state index contributed by atoms with van der Waals surface area (Å²) >= 11 is 3.20. The number of hydrogen-bond acceptors (Lipinski definition) is 6. The number of carbonyl (C=O) groups excluding carboxylic acids is 1. The van der Waals surface area contributed by atoms with Crippen molar-refractivity contribution >= 4 is 28.6 Å². The maximum atomic E-state index is 12.5. The smallest absolute Gasteiger partial charge is 0.228 e. The number of carbonyl (C=O) groups is 1. The van der Waals surface area contributed by atoms with Gasteiger partial charge in [0.1, 0.15) is 5.01 Å². The molecule has 2 aromatic heterocycles. The standard InChI is InChI=1S/C20H22N2O3S2/c1-13-7-8-26-18(13)11-22(2)19(23)10-15-12-27-20(21-15)14-5-6-16(24-3)17(9-14)25-4/h5-9,12H,10-11H2,1-4H3. The summed E-state index contributed by atoms with van der Waals surface area (Å²) < 4.78 is 10.6. The Hall–Kier alpha value is -2.38.